The maximum atomic E-state index is 5.68. The van der Waals surface area contributed by atoms with Crippen LogP contribution in [0.4, 0.5) is 0 Å². The number of likely N-dealkylation sites (tertiary alicyclic amines) is 1. The fraction of sp³-hybridized carbons (Fsp3) is 0.769. The van der Waals surface area contributed by atoms with Crippen molar-refractivity contribution in [3.05, 3.63) is 12.4 Å². The first kappa shape index (κ1) is 12.4. The molecule has 1 aliphatic rings. The highest BCUT2D eigenvalue weighted by Crippen LogP contribution is 2.10. The Labute approximate surface area is 104 Å². The summed E-state index contributed by atoms with van der Waals surface area (Å²) in [5, 5.41) is 4.24. The molecule has 0 spiro atoms. The molecule has 96 valence electrons. The lowest BCUT2D eigenvalue weighted by atomic mass is 10.4. The van der Waals surface area contributed by atoms with Gasteiger partial charge in [-0.15, -0.1) is 0 Å². The fourth-order valence-electron chi connectivity index (χ4n) is 2.25. The van der Waals surface area contributed by atoms with E-state index in [4.69, 9.17) is 4.74 Å². The van der Waals surface area contributed by atoms with Crippen molar-refractivity contribution in [1.29, 1.82) is 0 Å². The second-order valence-corrected chi connectivity index (χ2v) is 4.69. The van der Waals surface area contributed by atoms with Crippen LogP contribution in [0.1, 0.15) is 32.6 Å². The predicted molar refractivity (Wildman–Crippen MR) is 68.3 cm³/mol. The molecule has 1 saturated heterocycles. The maximum absolute atomic E-state index is 5.68. The van der Waals surface area contributed by atoms with Gasteiger partial charge in [0.2, 0.25) is 0 Å². The molecular formula is C13H23N3O. The first-order valence-electron chi connectivity index (χ1n) is 6.76. The van der Waals surface area contributed by atoms with Crippen LogP contribution in [0, 0.1) is 0 Å². The van der Waals surface area contributed by atoms with E-state index in [1.54, 1.807) is 0 Å². The quantitative estimate of drug-likeness (QED) is 0.681. The van der Waals surface area contributed by atoms with E-state index < -0.39 is 0 Å². The Morgan fingerprint density at radius 3 is 2.88 bits per heavy atom. The Morgan fingerprint density at radius 1 is 1.29 bits per heavy atom. The predicted octanol–water partition coefficient (Wildman–Crippen LogP) is 2.16. The van der Waals surface area contributed by atoms with E-state index >= 15 is 0 Å². The van der Waals surface area contributed by atoms with E-state index in [0.717, 1.165) is 31.7 Å². The van der Waals surface area contributed by atoms with Gasteiger partial charge in [-0.05, 0) is 38.8 Å². The SMILES string of the molecule is CCCn1cc(OCCCN2CCCC2)cn1. The highest BCUT2D eigenvalue weighted by Gasteiger charge is 2.10. The van der Waals surface area contributed by atoms with Crippen molar-refractivity contribution < 1.29 is 4.74 Å². The third-order valence-corrected chi connectivity index (χ3v) is 3.15. The molecule has 0 aliphatic carbocycles. The van der Waals surface area contributed by atoms with Gasteiger partial charge >= 0.3 is 0 Å². The Morgan fingerprint density at radius 2 is 2.12 bits per heavy atom. The smallest absolute Gasteiger partial charge is 0.157 e. The summed E-state index contributed by atoms with van der Waals surface area (Å²) >= 11 is 0. The van der Waals surface area contributed by atoms with E-state index in [2.05, 4.69) is 16.9 Å². The zero-order chi connectivity index (χ0) is 11.9. The molecule has 0 amide bonds. The minimum Gasteiger partial charge on any atom is -0.490 e. The highest BCUT2D eigenvalue weighted by molar-refractivity contribution is 5.11. The van der Waals surface area contributed by atoms with E-state index in [9.17, 15) is 0 Å². The van der Waals surface area contributed by atoms with Crippen molar-refractivity contribution in [2.75, 3.05) is 26.2 Å². The molecule has 0 aromatic carbocycles. The summed E-state index contributed by atoms with van der Waals surface area (Å²) in [5.41, 5.74) is 0. The minimum absolute atomic E-state index is 0.800. The highest BCUT2D eigenvalue weighted by atomic mass is 16.5. The summed E-state index contributed by atoms with van der Waals surface area (Å²) in [6, 6.07) is 0. The largest absolute Gasteiger partial charge is 0.490 e. The lowest BCUT2D eigenvalue weighted by Gasteiger charge is -2.13. The molecule has 0 N–H and O–H groups in total. The molecule has 2 rings (SSSR count). The van der Waals surface area contributed by atoms with Crippen molar-refractivity contribution in [2.45, 2.75) is 39.2 Å². The molecule has 17 heavy (non-hydrogen) atoms. The van der Waals surface area contributed by atoms with Gasteiger partial charge in [0.1, 0.15) is 0 Å². The number of hydrogen-bond acceptors (Lipinski definition) is 3. The number of hydrogen-bond donors (Lipinski definition) is 0. The van der Waals surface area contributed by atoms with Crippen molar-refractivity contribution in [2.24, 2.45) is 0 Å². The summed E-state index contributed by atoms with van der Waals surface area (Å²) < 4.78 is 7.62. The molecular weight excluding hydrogens is 214 g/mol. The van der Waals surface area contributed by atoms with Crippen LogP contribution in [0.2, 0.25) is 0 Å². The van der Waals surface area contributed by atoms with Gasteiger partial charge in [0.15, 0.2) is 5.75 Å². The van der Waals surface area contributed by atoms with Crippen molar-refractivity contribution in [3.63, 3.8) is 0 Å². The van der Waals surface area contributed by atoms with Gasteiger partial charge in [-0.25, -0.2) is 0 Å². The molecule has 1 aromatic rings. The molecule has 0 bridgehead atoms. The van der Waals surface area contributed by atoms with Crippen LogP contribution in [0.3, 0.4) is 0 Å². The van der Waals surface area contributed by atoms with Gasteiger partial charge in [-0.3, -0.25) is 4.68 Å². The number of aryl methyl sites for hydroxylation is 1. The second kappa shape index (κ2) is 6.64. The Kier molecular flexibility index (Phi) is 4.86. The van der Waals surface area contributed by atoms with Crippen LogP contribution in [0.15, 0.2) is 12.4 Å². The molecule has 4 nitrogen and oxygen atoms in total. The van der Waals surface area contributed by atoms with E-state index in [1.807, 2.05) is 17.1 Å². The molecule has 0 unspecified atom stereocenters. The molecule has 0 radical (unpaired) electrons. The molecule has 1 aliphatic heterocycles. The topological polar surface area (TPSA) is 30.3 Å². The average Bonchev–Trinajstić information content (AvgIpc) is 2.96. The third kappa shape index (κ3) is 4.04. The van der Waals surface area contributed by atoms with Crippen molar-refractivity contribution >= 4 is 0 Å². The number of aromatic nitrogens is 2. The van der Waals surface area contributed by atoms with Crippen molar-refractivity contribution in [1.82, 2.24) is 14.7 Å². The molecule has 1 aromatic heterocycles. The Bertz CT molecular complexity index is 318. The monoisotopic (exact) mass is 237 g/mol. The molecule has 4 heteroatoms. The van der Waals surface area contributed by atoms with E-state index in [1.165, 1.54) is 32.5 Å². The fourth-order valence-corrected chi connectivity index (χ4v) is 2.25. The lowest BCUT2D eigenvalue weighted by Crippen LogP contribution is -2.21. The van der Waals surface area contributed by atoms with Gasteiger partial charge in [-0.1, -0.05) is 6.92 Å². The summed E-state index contributed by atoms with van der Waals surface area (Å²) in [5.74, 6) is 0.903. The summed E-state index contributed by atoms with van der Waals surface area (Å²) in [6.45, 7) is 7.63. The van der Waals surface area contributed by atoms with Crippen LogP contribution in [0.25, 0.3) is 0 Å². The van der Waals surface area contributed by atoms with Gasteiger partial charge in [0, 0.05) is 13.1 Å². The first-order valence-corrected chi connectivity index (χ1v) is 6.76. The van der Waals surface area contributed by atoms with E-state index in [-0.39, 0.29) is 0 Å². The van der Waals surface area contributed by atoms with Crippen LogP contribution >= 0.6 is 0 Å². The third-order valence-electron chi connectivity index (χ3n) is 3.15. The lowest BCUT2D eigenvalue weighted by molar-refractivity contribution is 0.263. The van der Waals surface area contributed by atoms with Crippen LogP contribution in [-0.2, 0) is 6.54 Å². The van der Waals surface area contributed by atoms with E-state index in [0.29, 0.717) is 0 Å². The molecule has 1 fully saturated rings. The Hall–Kier alpha value is -1.03. The molecule has 0 saturated carbocycles. The molecule has 2 heterocycles. The number of ether oxygens (including phenoxy) is 1. The van der Waals surface area contributed by atoms with Gasteiger partial charge in [0.25, 0.3) is 0 Å². The normalized spacial score (nSPS) is 16.5. The summed E-state index contributed by atoms with van der Waals surface area (Å²) in [4.78, 5) is 2.52. The van der Waals surface area contributed by atoms with Crippen molar-refractivity contribution in [3.8, 4) is 5.75 Å². The second-order valence-electron chi connectivity index (χ2n) is 4.69. The number of nitrogens with zero attached hydrogens (tertiary/aromatic N) is 3. The van der Waals surface area contributed by atoms with Crippen LogP contribution in [0.5, 0.6) is 5.75 Å². The summed E-state index contributed by atoms with van der Waals surface area (Å²) in [7, 11) is 0. The van der Waals surface area contributed by atoms with Gasteiger partial charge < -0.3 is 9.64 Å². The standard InChI is InChI=1S/C13H23N3O/c1-2-6-16-12-13(11-14-16)17-10-5-9-15-7-3-4-8-15/h11-12H,2-10H2,1H3. The summed E-state index contributed by atoms with van der Waals surface area (Å²) in [6.07, 6.45) is 8.75. The zero-order valence-corrected chi connectivity index (χ0v) is 10.8. The first-order chi connectivity index (χ1) is 8.38. The number of rotatable bonds is 7. The van der Waals surface area contributed by atoms with Crippen LogP contribution in [-0.4, -0.2) is 40.9 Å². The maximum Gasteiger partial charge on any atom is 0.157 e. The Balaban J connectivity index is 1.60. The van der Waals surface area contributed by atoms with Crippen LogP contribution < -0.4 is 4.74 Å². The minimum atomic E-state index is 0.800. The molecule has 0 atom stereocenters. The average molecular weight is 237 g/mol. The van der Waals surface area contributed by atoms with Gasteiger partial charge in [0.05, 0.1) is 19.0 Å². The zero-order valence-electron chi connectivity index (χ0n) is 10.8. The van der Waals surface area contributed by atoms with Gasteiger partial charge in [-0.2, -0.15) is 5.10 Å².